The van der Waals surface area contributed by atoms with Crippen LogP contribution in [0.1, 0.15) is 38.1 Å². The van der Waals surface area contributed by atoms with Gasteiger partial charge in [0.2, 0.25) is 0 Å². The van der Waals surface area contributed by atoms with E-state index in [1.165, 1.54) is 18.2 Å². The van der Waals surface area contributed by atoms with Gasteiger partial charge in [0.05, 0.1) is 0 Å². The van der Waals surface area contributed by atoms with Gasteiger partial charge in [-0.1, -0.05) is 33.8 Å². The molecule has 0 atom stereocenters. The van der Waals surface area contributed by atoms with E-state index in [1.807, 2.05) is 27.7 Å². The lowest BCUT2D eigenvalue weighted by molar-refractivity contribution is 0.0707. The third-order valence-electron chi connectivity index (χ3n) is 2.66. The van der Waals surface area contributed by atoms with Crippen LogP contribution in [0.25, 0.3) is 0 Å². The van der Waals surface area contributed by atoms with E-state index in [-0.39, 0.29) is 23.1 Å². The predicted molar refractivity (Wildman–Crippen MR) is 73.6 cm³/mol. The third kappa shape index (κ3) is 4.23. The number of aromatic hydroxyl groups is 1. The number of amides is 1. The average Bonchev–Trinajstić information content (AvgIpc) is 2.26. The molecule has 1 amide bonds. The molecule has 0 aromatic heterocycles. The zero-order chi connectivity index (χ0) is 14.6. The Morgan fingerprint density at radius 3 is 2.16 bits per heavy atom. The van der Waals surface area contributed by atoms with Gasteiger partial charge in [-0.25, -0.2) is 4.39 Å². The Hall–Kier alpha value is -1.58. The number of phenolic OH excluding ortho intramolecular Hbond substituents is 1. The number of rotatable bonds is 5. The molecular weight excluding hydrogens is 245 g/mol. The zero-order valence-corrected chi connectivity index (χ0v) is 12.0. The first-order valence-electron chi connectivity index (χ1n) is 6.59. The lowest BCUT2D eigenvalue weighted by atomic mass is 10.1. The summed E-state index contributed by atoms with van der Waals surface area (Å²) >= 11 is 0. The number of hydrogen-bond donors (Lipinski definition) is 1. The highest BCUT2D eigenvalue weighted by atomic mass is 19.1. The van der Waals surface area contributed by atoms with E-state index in [0.29, 0.717) is 13.1 Å². The zero-order valence-electron chi connectivity index (χ0n) is 12.0. The first-order chi connectivity index (χ1) is 8.82. The molecule has 0 heterocycles. The summed E-state index contributed by atoms with van der Waals surface area (Å²) in [5.74, 6) is -0.851. The normalized spacial score (nSPS) is 11.1. The Morgan fingerprint density at radius 2 is 1.74 bits per heavy atom. The highest BCUT2D eigenvalue weighted by Gasteiger charge is 2.23. The van der Waals surface area contributed by atoms with Crippen LogP contribution in [0.2, 0.25) is 0 Å². The molecule has 1 rings (SSSR count). The summed E-state index contributed by atoms with van der Waals surface area (Å²) in [5, 5.41) is 9.69. The molecule has 3 nitrogen and oxygen atoms in total. The quantitative estimate of drug-likeness (QED) is 0.889. The topological polar surface area (TPSA) is 40.5 Å². The highest BCUT2D eigenvalue weighted by molar-refractivity contribution is 5.97. The lowest BCUT2D eigenvalue weighted by Gasteiger charge is -2.26. The molecular formula is C15H22FNO2. The van der Waals surface area contributed by atoms with Gasteiger partial charge in [-0.05, 0) is 24.0 Å². The third-order valence-corrected chi connectivity index (χ3v) is 2.66. The highest BCUT2D eigenvalue weighted by Crippen LogP contribution is 2.22. The maximum Gasteiger partial charge on any atom is 0.260 e. The van der Waals surface area contributed by atoms with Crippen molar-refractivity contribution in [3.63, 3.8) is 0 Å². The van der Waals surface area contributed by atoms with Crippen LogP contribution in [-0.2, 0) is 0 Å². The molecule has 0 aliphatic heterocycles. The Labute approximate surface area is 114 Å². The van der Waals surface area contributed by atoms with E-state index in [4.69, 9.17) is 0 Å². The van der Waals surface area contributed by atoms with Gasteiger partial charge in [0.1, 0.15) is 17.1 Å². The predicted octanol–water partition coefficient (Wildman–Crippen LogP) is 3.29. The van der Waals surface area contributed by atoms with Crippen LogP contribution in [0, 0.1) is 17.7 Å². The summed E-state index contributed by atoms with van der Waals surface area (Å²) in [6.07, 6.45) is 0. The summed E-state index contributed by atoms with van der Waals surface area (Å²) in [5.41, 5.74) is -0.233. The van der Waals surface area contributed by atoms with E-state index < -0.39 is 11.7 Å². The van der Waals surface area contributed by atoms with Gasteiger partial charge in [0, 0.05) is 13.1 Å². The molecule has 19 heavy (non-hydrogen) atoms. The molecule has 0 radical (unpaired) electrons. The summed E-state index contributed by atoms with van der Waals surface area (Å²) in [6, 6.07) is 3.91. The number of phenols is 1. The molecule has 0 saturated carbocycles. The molecule has 1 aromatic rings. The van der Waals surface area contributed by atoms with E-state index in [1.54, 1.807) is 4.90 Å². The van der Waals surface area contributed by atoms with Crippen molar-refractivity contribution in [3.05, 3.63) is 29.6 Å². The number of benzene rings is 1. The minimum Gasteiger partial charge on any atom is -0.507 e. The molecule has 0 unspecified atom stereocenters. The fourth-order valence-electron chi connectivity index (χ4n) is 2.00. The lowest BCUT2D eigenvalue weighted by Crippen LogP contribution is -2.37. The second kappa shape index (κ2) is 6.55. The molecule has 0 aliphatic rings. The molecule has 4 heteroatoms. The van der Waals surface area contributed by atoms with Crippen molar-refractivity contribution in [1.29, 1.82) is 0 Å². The van der Waals surface area contributed by atoms with Crippen LogP contribution in [0.15, 0.2) is 18.2 Å². The van der Waals surface area contributed by atoms with E-state index in [9.17, 15) is 14.3 Å². The Kier molecular flexibility index (Phi) is 5.33. The largest absolute Gasteiger partial charge is 0.507 e. The maximum absolute atomic E-state index is 13.7. The van der Waals surface area contributed by atoms with Crippen molar-refractivity contribution in [2.75, 3.05) is 13.1 Å². The van der Waals surface area contributed by atoms with Crippen LogP contribution in [0.4, 0.5) is 4.39 Å². The van der Waals surface area contributed by atoms with Crippen molar-refractivity contribution >= 4 is 5.91 Å². The number of hydrogen-bond acceptors (Lipinski definition) is 2. The van der Waals surface area contributed by atoms with E-state index in [2.05, 4.69) is 0 Å². The summed E-state index contributed by atoms with van der Waals surface area (Å²) in [6.45, 7) is 9.10. The molecule has 0 saturated heterocycles. The smallest absolute Gasteiger partial charge is 0.260 e. The minimum absolute atomic E-state index is 0.233. The van der Waals surface area contributed by atoms with Crippen molar-refractivity contribution in [3.8, 4) is 5.75 Å². The van der Waals surface area contributed by atoms with Crippen LogP contribution in [0.3, 0.4) is 0 Å². The monoisotopic (exact) mass is 267 g/mol. The molecule has 106 valence electrons. The molecule has 0 fully saturated rings. The minimum atomic E-state index is -0.678. The molecule has 1 N–H and O–H groups in total. The summed E-state index contributed by atoms with van der Waals surface area (Å²) < 4.78 is 13.7. The Bertz CT molecular complexity index is 414. The van der Waals surface area contributed by atoms with Crippen molar-refractivity contribution in [1.82, 2.24) is 4.90 Å². The number of carbonyl (C=O) groups is 1. The van der Waals surface area contributed by atoms with Gasteiger partial charge in [-0.2, -0.15) is 0 Å². The maximum atomic E-state index is 13.7. The van der Waals surface area contributed by atoms with Gasteiger partial charge in [-0.3, -0.25) is 4.79 Å². The molecule has 0 spiro atoms. The van der Waals surface area contributed by atoms with Crippen LogP contribution < -0.4 is 0 Å². The first kappa shape index (κ1) is 15.5. The SMILES string of the molecule is CC(C)CN(CC(C)C)C(=O)c1c(O)cccc1F. The first-order valence-corrected chi connectivity index (χ1v) is 6.59. The van der Waals surface area contributed by atoms with Crippen molar-refractivity contribution < 1.29 is 14.3 Å². The molecule has 0 aliphatic carbocycles. The molecule has 1 aromatic carbocycles. The number of halogens is 1. The molecule has 0 bridgehead atoms. The number of nitrogens with zero attached hydrogens (tertiary/aromatic N) is 1. The summed E-state index contributed by atoms with van der Waals surface area (Å²) in [7, 11) is 0. The second-order valence-electron chi connectivity index (χ2n) is 5.63. The number of carbonyl (C=O) groups excluding carboxylic acids is 1. The Balaban J connectivity index is 3.04. The van der Waals surface area contributed by atoms with Gasteiger partial charge in [0.25, 0.3) is 5.91 Å². The van der Waals surface area contributed by atoms with Gasteiger partial charge in [-0.15, -0.1) is 0 Å². The van der Waals surface area contributed by atoms with Crippen molar-refractivity contribution in [2.24, 2.45) is 11.8 Å². The van der Waals surface area contributed by atoms with E-state index >= 15 is 0 Å². The van der Waals surface area contributed by atoms with Crippen LogP contribution in [0.5, 0.6) is 5.75 Å². The standard InChI is InChI=1S/C15H22FNO2/c1-10(2)8-17(9-11(3)4)15(19)14-12(16)6-5-7-13(14)18/h5-7,10-11,18H,8-9H2,1-4H3. The van der Waals surface area contributed by atoms with Gasteiger partial charge >= 0.3 is 0 Å². The van der Waals surface area contributed by atoms with Crippen LogP contribution >= 0.6 is 0 Å². The average molecular weight is 267 g/mol. The Morgan fingerprint density at radius 1 is 1.21 bits per heavy atom. The van der Waals surface area contributed by atoms with Crippen molar-refractivity contribution in [2.45, 2.75) is 27.7 Å². The van der Waals surface area contributed by atoms with Gasteiger partial charge < -0.3 is 10.0 Å². The summed E-state index contributed by atoms with van der Waals surface area (Å²) in [4.78, 5) is 14.0. The fourth-order valence-corrected chi connectivity index (χ4v) is 2.00. The second-order valence-corrected chi connectivity index (χ2v) is 5.63. The van der Waals surface area contributed by atoms with Gasteiger partial charge in [0.15, 0.2) is 0 Å². The fraction of sp³-hybridized carbons (Fsp3) is 0.533. The van der Waals surface area contributed by atoms with Crippen LogP contribution in [-0.4, -0.2) is 29.0 Å². The van der Waals surface area contributed by atoms with E-state index in [0.717, 1.165) is 0 Å².